The van der Waals surface area contributed by atoms with Gasteiger partial charge in [0.05, 0.1) is 4.88 Å². The van der Waals surface area contributed by atoms with E-state index in [0.29, 0.717) is 19.5 Å². The number of carbonyl (C=O) groups is 2. The quantitative estimate of drug-likeness (QED) is 0.812. The van der Waals surface area contributed by atoms with Gasteiger partial charge in [-0.1, -0.05) is 13.3 Å². The lowest BCUT2D eigenvalue weighted by Gasteiger charge is -2.21. The SMILES string of the molecule is CCCCC(=O)N1CCCN(C(=O)c2cc(Br)cs2)CC1. The molecule has 2 amide bonds. The number of thiophene rings is 1. The highest BCUT2D eigenvalue weighted by molar-refractivity contribution is 9.10. The van der Waals surface area contributed by atoms with E-state index in [1.54, 1.807) is 0 Å². The van der Waals surface area contributed by atoms with Crippen LogP contribution in [-0.2, 0) is 4.79 Å². The van der Waals surface area contributed by atoms with Crippen molar-refractivity contribution in [1.82, 2.24) is 9.80 Å². The lowest BCUT2D eigenvalue weighted by Crippen LogP contribution is -2.37. The number of nitrogens with zero attached hydrogens (tertiary/aromatic N) is 2. The Morgan fingerprint density at radius 2 is 1.95 bits per heavy atom. The van der Waals surface area contributed by atoms with Crippen molar-refractivity contribution in [2.75, 3.05) is 26.2 Å². The highest BCUT2D eigenvalue weighted by Crippen LogP contribution is 2.21. The van der Waals surface area contributed by atoms with Crippen LogP contribution in [0.15, 0.2) is 15.9 Å². The summed E-state index contributed by atoms with van der Waals surface area (Å²) in [7, 11) is 0. The van der Waals surface area contributed by atoms with Crippen molar-refractivity contribution < 1.29 is 9.59 Å². The molecule has 1 aliphatic rings. The van der Waals surface area contributed by atoms with Gasteiger partial charge in [-0.15, -0.1) is 11.3 Å². The van der Waals surface area contributed by atoms with Gasteiger partial charge in [0, 0.05) is 42.5 Å². The summed E-state index contributed by atoms with van der Waals surface area (Å²) in [5.74, 6) is 0.304. The van der Waals surface area contributed by atoms with Crippen molar-refractivity contribution in [2.45, 2.75) is 32.6 Å². The van der Waals surface area contributed by atoms with Gasteiger partial charge in [-0.3, -0.25) is 9.59 Å². The Labute approximate surface area is 138 Å². The molecular formula is C15H21BrN2O2S. The first-order valence-corrected chi connectivity index (χ1v) is 9.10. The Hall–Kier alpha value is -0.880. The molecule has 2 rings (SSSR count). The third-order valence-electron chi connectivity index (χ3n) is 3.66. The monoisotopic (exact) mass is 372 g/mol. The Bertz CT molecular complexity index is 504. The third-order valence-corrected chi connectivity index (χ3v) is 5.34. The molecule has 0 bridgehead atoms. The van der Waals surface area contributed by atoms with Crippen molar-refractivity contribution in [1.29, 1.82) is 0 Å². The van der Waals surface area contributed by atoms with Crippen LogP contribution in [0.3, 0.4) is 0 Å². The molecule has 0 radical (unpaired) electrons. The Morgan fingerprint density at radius 1 is 1.24 bits per heavy atom. The van der Waals surface area contributed by atoms with Crippen LogP contribution in [0, 0.1) is 0 Å². The van der Waals surface area contributed by atoms with Gasteiger partial charge in [-0.2, -0.15) is 0 Å². The molecular weight excluding hydrogens is 352 g/mol. The molecule has 0 N–H and O–H groups in total. The van der Waals surface area contributed by atoms with Crippen LogP contribution in [0.25, 0.3) is 0 Å². The minimum Gasteiger partial charge on any atom is -0.341 e. The first-order chi connectivity index (χ1) is 10.1. The molecule has 0 saturated carbocycles. The molecule has 0 aliphatic carbocycles. The van der Waals surface area contributed by atoms with E-state index in [1.165, 1.54) is 11.3 Å². The van der Waals surface area contributed by atoms with Gasteiger partial charge in [0.15, 0.2) is 0 Å². The smallest absolute Gasteiger partial charge is 0.264 e. The molecule has 4 nitrogen and oxygen atoms in total. The van der Waals surface area contributed by atoms with Crippen molar-refractivity contribution in [3.8, 4) is 0 Å². The molecule has 0 unspecified atom stereocenters. The number of carbonyl (C=O) groups excluding carboxylic acids is 2. The first-order valence-electron chi connectivity index (χ1n) is 7.43. The fourth-order valence-electron chi connectivity index (χ4n) is 2.44. The van der Waals surface area contributed by atoms with Crippen molar-refractivity contribution in [2.24, 2.45) is 0 Å². The van der Waals surface area contributed by atoms with E-state index in [9.17, 15) is 9.59 Å². The number of hydrogen-bond acceptors (Lipinski definition) is 3. The van der Waals surface area contributed by atoms with Crippen LogP contribution >= 0.6 is 27.3 Å². The average Bonchev–Trinajstić information content (AvgIpc) is 2.76. The van der Waals surface area contributed by atoms with E-state index >= 15 is 0 Å². The predicted octanol–water partition coefficient (Wildman–Crippen LogP) is 3.38. The van der Waals surface area contributed by atoms with Gasteiger partial charge in [-0.05, 0) is 34.8 Å². The van der Waals surface area contributed by atoms with E-state index < -0.39 is 0 Å². The maximum absolute atomic E-state index is 12.4. The minimum absolute atomic E-state index is 0.0774. The van der Waals surface area contributed by atoms with Gasteiger partial charge in [0.25, 0.3) is 5.91 Å². The maximum Gasteiger partial charge on any atom is 0.264 e. The van der Waals surface area contributed by atoms with Gasteiger partial charge in [0.2, 0.25) is 5.91 Å². The summed E-state index contributed by atoms with van der Waals surface area (Å²) in [5.41, 5.74) is 0. The summed E-state index contributed by atoms with van der Waals surface area (Å²) in [5, 5.41) is 1.92. The number of amides is 2. The van der Waals surface area contributed by atoms with Gasteiger partial charge in [0.1, 0.15) is 0 Å². The summed E-state index contributed by atoms with van der Waals surface area (Å²) in [6.07, 6.45) is 3.47. The van der Waals surface area contributed by atoms with Crippen LogP contribution < -0.4 is 0 Å². The maximum atomic E-state index is 12.4. The largest absolute Gasteiger partial charge is 0.341 e. The standard InChI is InChI=1S/C15H21BrN2O2S/c1-2-3-5-14(19)17-6-4-7-18(9-8-17)15(20)13-10-12(16)11-21-13/h10-11H,2-9H2,1H3. The predicted molar refractivity (Wildman–Crippen MR) is 88.6 cm³/mol. The molecule has 6 heteroatoms. The van der Waals surface area contributed by atoms with Crippen molar-refractivity contribution >= 4 is 39.1 Å². The summed E-state index contributed by atoms with van der Waals surface area (Å²) >= 11 is 4.84. The van der Waals surface area contributed by atoms with E-state index in [2.05, 4.69) is 22.9 Å². The third kappa shape index (κ3) is 4.54. The van der Waals surface area contributed by atoms with Crippen molar-refractivity contribution in [3.05, 3.63) is 20.8 Å². The normalized spacial score (nSPS) is 15.9. The number of unbranched alkanes of at least 4 members (excludes halogenated alkanes) is 1. The van der Waals surface area contributed by atoms with Crippen molar-refractivity contribution in [3.63, 3.8) is 0 Å². The van der Waals surface area contributed by atoms with Crippen LogP contribution in [0.2, 0.25) is 0 Å². The molecule has 1 fully saturated rings. The fraction of sp³-hybridized carbons (Fsp3) is 0.600. The highest BCUT2D eigenvalue weighted by Gasteiger charge is 2.23. The number of hydrogen-bond donors (Lipinski definition) is 0. The summed E-state index contributed by atoms with van der Waals surface area (Å²) in [6.45, 7) is 4.87. The average molecular weight is 373 g/mol. The lowest BCUT2D eigenvalue weighted by atomic mass is 10.2. The summed E-state index contributed by atoms with van der Waals surface area (Å²) < 4.78 is 0.946. The molecule has 1 aromatic rings. The van der Waals surface area contributed by atoms with E-state index in [0.717, 1.165) is 41.7 Å². The van der Waals surface area contributed by atoms with Crippen LogP contribution in [0.5, 0.6) is 0 Å². The second-order valence-electron chi connectivity index (χ2n) is 5.26. The van der Waals surface area contributed by atoms with Gasteiger partial charge in [-0.25, -0.2) is 0 Å². The molecule has 116 valence electrons. The number of rotatable bonds is 4. The minimum atomic E-state index is 0.0774. The summed E-state index contributed by atoms with van der Waals surface area (Å²) in [4.78, 5) is 29.0. The highest BCUT2D eigenvalue weighted by atomic mass is 79.9. The topological polar surface area (TPSA) is 40.6 Å². The summed E-state index contributed by atoms with van der Waals surface area (Å²) in [6, 6.07) is 1.86. The van der Waals surface area contributed by atoms with Crippen LogP contribution in [0.1, 0.15) is 42.3 Å². The molecule has 21 heavy (non-hydrogen) atoms. The Kier molecular flexibility index (Phi) is 6.23. The van der Waals surface area contributed by atoms with Crippen LogP contribution in [0.4, 0.5) is 0 Å². The fourth-order valence-corrected chi connectivity index (χ4v) is 3.83. The Morgan fingerprint density at radius 3 is 2.62 bits per heavy atom. The van der Waals surface area contributed by atoms with Gasteiger partial charge < -0.3 is 9.80 Å². The van der Waals surface area contributed by atoms with Gasteiger partial charge >= 0.3 is 0 Å². The zero-order valence-corrected chi connectivity index (χ0v) is 14.7. The second kappa shape index (κ2) is 7.94. The van der Waals surface area contributed by atoms with Crippen LogP contribution in [-0.4, -0.2) is 47.8 Å². The molecule has 0 aromatic carbocycles. The van der Waals surface area contributed by atoms with E-state index in [4.69, 9.17) is 0 Å². The lowest BCUT2D eigenvalue weighted by molar-refractivity contribution is -0.131. The molecule has 0 atom stereocenters. The molecule has 2 heterocycles. The molecule has 1 aliphatic heterocycles. The molecule has 0 spiro atoms. The molecule has 1 saturated heterocycles. The second-order valence-corrected chi connectivity index (χ2v) is 7.09. The first kappa shape index (κ1) is 16.5. The zero-order chi connectivity index (χ0) is 15.2. The Balaban J connectivity index is 1.91. The van der Waals surface area contributed by atoms with E-state index in [1.807, 2.05) is 21.2 Å². The number of halogens is 1. The zero-order valence-electron chi connectivity index (χ0n) is 12.3. The molecule has 1 aromatic heterocycles. The van der Waals surface area contributed by atoms with E-state index in [-0.39, 0.29) is 11.8 Å².